The van der Waals surface area contributed by atoms with Gasteiger partial charge in [0.2, 0.25) is 0 Å². The number of hydrogen-bond acceptors (Lipinski definition) is 1. The lowest BCUT2D eigenvalue weighted by atomic mass is 9.73. The smallest absolute Gasteiger partial charge is 0.190 e. The van der Waals surface area contributed by atoms with Crippen LogP contribution in [0.4, 0.5) is 0 Å². The van der Waals surface area contributed by atoms with Crippen molar-refractivity contribution in [3.63, 3.8) is 0 Å². The molecule has 8 unspecified atom stereocenters. The largest absolute Gasteiger partial charge is 0.414 e. The van der Waals surface area contributed by atoms with E-state index in [0.717, 1.165) is 47.0 Å². The highest BCUT2D eigenvalue weighted by molar-refractivity contribution is 6.73. The van der Waals surface area contributed by atoms with Crippen molar-refractivity contribution >= 4 is 8.32 Å². The van der Waals surface area contributed by atoms with Crippen LogP contribution in [0.15, 0.2) is 0 Å². The van der Waals surface area contributed by atoms with Gasteiger partial charge in [-0.1, -0.05) is 64.7 Å². The summed E-state index contributed by atoms with van der Waals surface area (Å²) in [6.45, 7) is 7.83. The molecule has 8 atom stereocenters. The molecule has 5 rings (SSSR count). The first kappa shape index (κ1) is 19.2. The van der Waals surface area contributed by atoms with Crippen LogP contribution in [0.2, 0.25) is 18.6 Å². The molecule has 0 saturated heterocycles. The maximum absolute atomic E-state index is 7.40. The van der Waals surface area contributed by atoms with Gasteiger partial charge < -0.3 is 4.43 Å². The Hall–Kier alpha value is 0.177. The number of hydrogen-bond donors (Lipinski definition) is 0. The summed E-state index contributed by atoms with van der Waals surface area (Å²) in [5.74, 6) is 6.94. The molecule has 0 aromatic rings. The van der Waals surface area contributed by atoms with Crippen molar-refractivity contribution in [2.24, 2.45) is 41.4 Å². The molecule has 154 valence electrons. The van der Waals surface area contributed by atoms with E-state index in [4.69, 9.17) is 4.43 Å². The zero-order chi connectivity index (χ0) is 18.6. The van der Waals surface area contributed by atoms with Gasteiger partial charge in [0.25, 0.3) is 0 Å². The van der Waals surface area contributed by atoms with E-state index < -0.39 is 8.32 Å². The lowest BCUT2D eigenvalue weighted by Crippen LogP contribution is -2.47. The van der Waals surface area contributed by atoms with Crippen LogP contribution in [-0.4, -0.2) is 14.4 Å². The second kappa shape index (κ2) is 7.46. The van der Waals surface area contributed by atoms with Gasteiger partial charge in [-0.2, -0.15) is 0 Å². The van der Waals surface area contributed by atoms with E-state index >= 15 is 0 Å². The van der Waals surface area contributed by atoms with E-state index in [1.54, 1.807) is 12.8 Å². The molecular weight excluding hydrogens is 344 g/mol. The van der Waals surface area contributed by atoms with E-state index in [1.807, 2.05) is 0 Å². The van der Waals surface area contributed by atoms with Crippen LogP contribution in [0.3, 0.4) is 0 Å². The van der Waals surface area contributed by atoms with Crippen molar-refractivity contribution in [1.29, 1.82) is 0 Å². The van der Waals surface area contributed by atoms with Gasteiger partial charge in [0, 0.05) is 0 Å². The van der Waals surface area contributed by atoms with Crippen LogP contribution >= 0.6 is 0 Å². The Balaban J connectivity index is 1.38. The van der Waals surface area contributed by atoms with Crippen LogP contribution in [-0.2, 0) is 4.43 Å². The highest BCUT2D eigenvalue weighted by atomic mass is 28.4. The van der Waals surface area contributed by atoms with E-state index in [0.29, 0.717) is 6.10 Å². The molecule has 0 radical (unpaired) electrons. The van der Waals surface area contributed by atoms with Crippen molar-refractivity contribution in [2.45, 2.75) is 115 Å². The second-order valence-electron chi connectivity index (χ2n) is 11.9. The summed E-state index contributed by atoms with van der Waals surface area (Å²) in [6.07, 6.45) is 20.2. The van der Waals surface area contributed by atoms with Gasteiger partial charge in [-0.05, 0) is 85.7 Å². The predicted molar refractivity (Wildman–Crippen MR) is 116 cm³/mol. The molecule has 0 heterocycles. The van der Waals surface area contributed by atoms with Crippen LogP contribution < -0.4 is 0 Å². The fraction of sp³-hybridized carbons (Fsp3) is 1.00. The van der Waals surface area contributed by atoms with Gasteiger partial charge >= 0.3 is 0 Å². The summed E-state index contributed by atoms with van der Waals surface area (Å²) in [5.41, 5.74) is 0.975. The molecule has 0 amide bonds. The summed E-state index contributed by atoms with van der Waals surface area (Å²) in [7, 11) is -1.67. The molecule has 0 aromatic carbocycles. The Labute approximate surface area is 169 Å². The van der Waals surface area contributed by atoms with Crippen molar-refractivity contribution in [1.82, 2.24) is 0 Å². The molecule has 0 N–H and O–H groups in total. The molecule has 0 aromatic heterocycles. The molecule has 2 heteroatoms. The SMILES string of the molecule is CC1CC2CCCCC2C1O[Si](C)(C)C1C2CCCCC2C2CCCCC21. The first-order valence-corrected chi connectivity index (χ1v) is 15.7. The quantitative estimate of drug-likeness (QED) is 0.457. The Kier molecular flexibility index (Phi) is 5.29. The van der Waals surface area contributed by atoms with E-state index in [2.05, 4.69) is 20.0 Å². The van der Waals surface area contributed by atoms with Crippen molar-refractivity contribution in [3.05, 3.63) is 0 Å². The lowest BCUT2D eigenvalue weighted by Gasteiger charge is -2.43. The maximum Gasteiger partial charge on any atom is 0.190 e. The minimum absolute atomic E-state index is 0.613. The Morgan fingerprint density at radius 1 is 0.630 bits per heavy atom. The third-order valence-electron chi connectivity index (χ3n) is 10.1. The summed E-state index contributed by atoms with van der Waals surface area (Å²) in [4.78, 5) is 0. The fourth-order valence-electron chi connectivity index (χ4n) is 9.31. The second-order valence-corrected chi connectivity index (χ2v) is 16.0. The summed E-state index contributed by atoms with van der Waals surface area (Å²) in [5, 5.41) is 0. The van der Waals surface area contributed by atoms with Crippen LogP contribution in [0.1, 0.15) is 90.4 Å². The summed E-state index contributed by atoms with van der Waals surface area (Å²) < 4.78 is 7.40. The lowest BCUT2D eigenvalue weighted by molar-refractivity contribution is 0.0806. The molecule has 0 aliphatic heterocycles. The van der Waals surface area contributed by atoms with Crippen LogP contribution in [0.25, 0.3) is 0 Å². The monoisotopic (exact) mass is 388 g/mol. The Bertz CT molecular complexity index is 508. The molecule has 0 bridgehead atoms. The first-order valence-electron chi connectivity index (χ1n) is 12.7. The molecule has 5 aliphatic rings. The fourth-order valence-corrected chi connectivity index (χ4v) is 13.5. The maximum atomic E-state index is 7.40. The average Bonchev–Trinajstić information content (AvgIpc) is 3.17. The third-order valence-corrected chi connectivity index (χ3v) is 13.4. The summed E-state index contributed by atoms with van der Waals surface area (Å²) in [6, 6.07) is 0. The van der Waals surface area contributed by atoms with Crippen molar-refractivity contribution in [3.8, 4) is 0 Å². The molecule has 5 saturated carbocycles. The predicted octanol–water partition coefficient (Wildman–Crippen LogP) is 7.42. The normalized spacial score (nSPS) is 50.1. The Morgan fingerprint density at radius 2 is 1.11 bits per heavy atom. The van der Waals surface area contributed by atoms with Crippen LogP contribution in [0, 0.1) is 41.4 Å². The van der Waals surface area contributed by atoms with Gasteiger partial charge in [0.15, 0.2) is 8.32 Å². The molecule has 5 aliphatic carbocycles. The van der Waals surface area contributed by atoms with Gasteiger partial charge in [-0.3, -0.25) is 0 Å². The first-order chi connectivity index (χ1) is 13.1. The van der Waals surface area contributed by atoms with Crippen molar-refractivity contribution in [2.75, 3.05) is 0 Å². The molecule has 5 fully saturated rings. The molecule has 1 nitrogen and oxygen atoms in total. The number of rotatable bonds is 3. The van der Waals surface area contributed by atoms with Gasteiger partial charge in [0.1, 0.15) is 0 Å². The highest BCUT2D eigenvalue weighted by Gasteiger charge is 2.58. The van der Waals surface area contributed by atoms with E-state index in [9.17, 15) is 0 Å². The topological polar surface area (TPSA) is 9.23 Å². The zero-order valence-electron chi connectivity index (χ0n) is 18.3. The third kappa shape index (κ3) is 3.29. The van der Waals surface area contributed by atoms with E-state index in [-0.39, 0.29) is 0 Å². The molecular formula is C25H44OSi. The minimum Gasteiger partial charge on any atom is -0.414 e. The summed E-state index contributed by atoms with van der Waals surface area (Å²) >= 11 is 0. The van der Waals surface area contributed by atoms with E-state index in [1.165, 1.54) is 70.6 Å². The van der Waals surface area contributed by atoms with Crippen LogP contribution in [0.5, 0.6) is 0 Å². The van der Waals surface area contributed by atoms with Gasteiger partial charge in [0.05, 0.1) is 6.10 Å². The highest BCUT2D eigenvalue weighted by Crippen LogP contribution is 2.63. The van der Waals surface area contributed by atoms with Crippen molar-refractivity contribution < 1.29 is 4.43 Å². The minimum atomic E-state index is -1.67. The Morgan fingerprint density at radius 3 is 1.70 bits per heavy atom. The average molecular weight is 389 g/mol. The van der Waals surface area contributed by atoms with Gasteiger partial charge in [-0.25, -0.2) is 0 Å². The zero-order valence-corrected chi connectivity index (χ0v) is 19.3. The molecule has 0 spiro atoms. The number of fused-ring (bicyclic) bond motifs is 4. The standard InChI is InChI=1S/C25H44OSi/c1-17-16-18-10-4-5-11-19(18)24(17)26-27(2,3)25-22-14-8-6-12-20(22)21-13-7-9-15-23(21)25/h17-25H,4-16H2,1-3H3. The van der Waals surface area contributed by atoms with Gasteiger partial charge in [-0.15, -0.1) is 0 Å². The molecule has 27 heavy (non-hydrogen) atoms.